The molecule has 1 saturated heterocycles. The average molecular weight is 353 g/mol. The number of carbonyl (C=O) groups excluding carboxylic acids is 1. The van der Waals surface area contributed by atoms with Gasteiger partial charge in [-0.15, -0.1) is 0 Å². The Kier molecular flexibility index (Phi) is 7.79. The molecule has 0 aromatic carbocycles. The van der Waals surface area contributed by atoms with Crippen molar-refractivity contribution < 1.29 is 22.7 Å². The molecule has 8 heteroatoms. The molecule has 0 saturated carbocycles. The van der Waals surface area contributed by atoms with Gasteiger partial charge in [-0.05, 0) is 32.1 Å². The topological polar surface area (TPSA) is 53.6 Å². The Bertz CT molecular complexity index is 393. The molecule has 2 amide bonds. The highest BCUT2D eigenvalue weighted by Crippen LogP contribution is 2.26. The van der Waals surface area contributed by atoms with Crippen LogP contribution in [0.25, 0.3) is 0 Å². The number of amides is 2. The third kappa shape index (κ3) is 8.19. The summed E-state index contributed by atoms with van der Waals surface area (Å²) < 4.78 is 40.1. The first-order valence-electron chi connectivity index (χ1n) is 8.41. The monoisotopic (exact) mass is 353 g/mol. The number of nitrogens with one attached hydrogen (secondary N) is 2. The normalized spacial score (nSPS) is 23.1. The van der Waals surface area contributed by atoms with Gasteiger partial charge in [-0.1, -0.05) is 13.8 Å². The predicted molar refractivity (Wildman–Crippen MR) is 86.9 cm³/mol. The first kappa shape index (κ1) is 21.0. The third-order valence-electron chi connectivity index (χ3n) is 4.20. The molecule has 2 atom stereocenters. The van der Waals surface area contributed by atoms with E-state index in [-0.39, 0.29) is 18.7 Å². The highest BCUT2D eigenvalue weighted by atomic mass is 19.4. The van der Waals surface area contributed by atoms with Crippen molar-refractivity contribution in [3.63, 3.8) is 0 Å². The van der Waals surface area contributed by atoms with Crippen LogP contribution in [0.15, 0.2) is 0 Å². The average Bonchev–Trinajstić information content (AvgIpc) is 2.42. The highest BCUT2D eigenvalue weighted by molar-refractivity contribution is 5.73. The summed E-state index contributed by atoms with van der Waals surface area (Å²) in [6.07, 6.45) is -3.12. The fourth-order valence-electron chi connectivity index (χ4n) is 3.05. The molecule has 0 radical (unpaired) electrons. The van der Waals surface area contributed by atoms with Gasteiger partial charge >= 0.3 is 12.2 Å². The maximum atomic E-state index is 11.9. The lowest BCUT2D eigenvalue weighted by Gasteiger charge is -2.45. The van der Waals surface area contributed by atoms with Gasteiger partial charge in [-0.2, -0.15) is 13.2 Å². The van der Waals surface area contributed by atoms with Crippen LogP contribution >= 0.6 is 0 Å². The van der Waals surface area contributed by atoms with E-state index >= 15 is 0 Å². The van der Waals surface area contributed by atoms with Crippen LogP contribution in [-0.4, -0.2) is 62.0 Å². The fourth-order valence-corrected chi connectivity index (χ4v) is 3.05. The minimum atomic E-state index is -4.34. The first-order chi connectivity index (χ1) is 11.0. The Labute approximate surface area is 142 Å². The molecule has 24 heavy (non-hydrogen) atoms. The van der Waals surface area contributed by atoms with Crippen molar-refractivity contribution >= 4 is 6.03 Å². The Morgan fingerprint density at radius 2 is 1.75 bits per heavy atom. The summed E-state index contributed by atoms with van der Waals surface area (Å²) in [4.78, 5) is 14.1. The number of hydrogen-bond acceptors (Lipinski definition) is 3. The Morgan fingerprint density at radius 3 is 2.29 bits per heavy atom. The molecule has 0 aliphatic carbocycles. The van der Waals surface area contributed by atoms with Crippen molar-refractivity contribution in [2.75, 3.05) is 39.4 Å². The fraction of sp³-hybridized carbons (Fsp3) is 0.938. The van der Waals surface area contributed by atoms with Gasteiger partial charge < -0.3 is 15.4 Å². The van der Waals surface area contributed by atoms with Gasteiger partial charge in [0.15, 0.2) is 0 Å². The van der Waals surface area contributed by atoms with Gasteiger partial charge in [0.25, 0.3) is 0 Å². The van der Waals surface area contributed by atoms with Crippen molar-refractivity contribution in [3.05, 3.63) is 0 Å². The Morgan fingerprint density at radius 1 is 1.17 bits per heavy atom. The zero-order chi connectivity index (χ0) is 18.4. The van der Waals surface area contributed by atoms with E-state index in [1.54, 1.807) is 0 Å². The molecule has 1 fully saturated rings. The molecule has 2 N–H and O–H groups in total. The minimum Gasteiger partial charge on any atom is -0.370 e. The summed E-state index contributed by atoms with van der Waals surface area (Å²) in [5.41, 5.74) is -0.174. The summed E-state index contributed by atoms with van der Waals surface area (Å²) in [5.74, 6) is 1.26. The van der Waals surface area contributed by atoms with Gasteiger partial charge in [-0.3, -0.25) is 4.90 Å². The molecule has 2 unspecified atom stereocenters. The van der Waals surface area contributed by atoms with Crippen molar-refractivity contribution in [1.82, 2.24) is 15.5 Å². The van der Waals surface area contributed by atoms with Crippen LogP contribution < -0.4 is 10.6 Å². The molecule has 0 spiro atoms. The number of nitrogens with zero attached hydrogens (tertiary/aromatic N) is 1. The van der Waals surface area contributed by atoms with Crippen molar-refractivity contribution in [2.24, 2.45) is 11.8 Å². The zero-order valence-corrected chi connectivity index (χ0v) is 15.0. The lowest BCUT2D eigenvalue weighted by molar-refractivity contribution is -0.173. The standard InChI is InChI=1S/C16H30F3N3O2/c1-12-7-13(2)9-22(8-12)15(3,4)10-21-14(23)20-5-6-24-11-16(17,18)19/h12-13H,5-11H2,1-4H3,(H2,20,21,23). The van der Waals surface area contributed by atoms with Gasteiger partial charge in [0.2, 0.25) is 0 Å². The summed E-state index contributed by atoms with van der Waals surface area (Å²) in [6.45, 7) is 9.71. The number of piperidine rings is 1. The van der Waals surface area contributed by atoms with Gasteiger partial charge in [0.1, 0.15) is 6.61 Å². The predicted octanol–water partition coefficient (Wildman–Crippen LogP) is 2.62. The number of ether oxygens (including phenoxy) is 1. The van der Waals surface area contributed by atoms with E-state index < -0.39 is 18.8 Å². The van der Waals surface area contributed by atoms with Gasteiger partial charge in [-0.25, -0.2) is 4.79 Å². The Hall–Kier alpha value is -1.02. The van der Waals surface area contributed by atoms with E-state index in [9.17, 15) is 18.0 Å². The summed E-state index contributed by atoms with van der Waals surface area (Å²) in [7, 11) is 0. The summed E-state index contributed by atoms with van der Waals surface area (Å²) in [6, 6.07) is -0.392. The molecule has 5 nitrogen and oxygen atoms in total. The van der Waals surface area contributed by atoms with Crippen LogP contribution in [0.2, 0.25) is 0 Å². The van der Waals surface area contributed by atoms with Crippen LogP contribution in [0.1, 0.15) is 34.1 Å². The lowest BCUT2D eigenvalue weighted by atomic mass is 9.88. The summed E-state index contributed by atoms with van der Waals surface area (Å²) in [5, 5.41) is 5.29. The van der Waals surface area contributed by atoms with Gasteiger partial charge in [0.05, 0.1) is 6.61 Å². The van der Waals surface area contributed by atoms with Gasteiger partial charge in [0, 0.05) is 31.7 Å². The molecule has 142 valence electrons. The van der Waals surface area contributed by atoms with Crippen LogP contribution in [0.5, 0.6) is 0 Å². The van der Waals surface area contributed by atoms with E-state index in [1.165, 1.54) is 6.42 Å². The van der Waals surface area contributed by atoms with Crippen molar-refractivity contribution in [2.45, 2.75) is 45.8 Å². The number of hydrogen-bond donors (Lipinski definition) is 2. The van der Waals surface area contributed by atoms with Crippen molar-refractivity contribution in [1.29, 1.82) is 0 Å². The maximum Gasteiger partial charge on any atom is 0.411 e. The molecule has 0 bridgehead atoms. The first-order valence-corrected chi connectivity index (χ1v) is 8.41. The number of rotatable bonds is 7. The van der Waals surface area contributed by atoms with Crippen LogP contribution in [0, 0.1) is 11.8 Å². The number of likely N-dealkylation sites (tertiary alicyclic amines) is 1. The second kappa shape index (κ2) is 8.89. The second-order valence-electron chi connectivity index (χ2n) is 7.44. The molecule has 0 aromatic rings. The molecule has 1 heterocycles. The number of urea groups is 1. The smallest absolute Gasteiger partial charge is 0.370 e. The quantitative estimate of drug-likeness (QED) is 0.692. The lowest BCUT2D eigenvalue weighted by Crippen LogP contribution is -2.57. The largest absolute Gasteiger partial charge is 0.411 e. The van der Waals surface area contributed by atoms with E-state index in [0.29, 0.717) is 18.4 Å². The second-order valence-corrected chi connectivity index (χ2v) is 7.44. The van der Waals surface area contributed by atoms with E-state index in [2.05, 4.69) is 48.0 Å². The maximum absolute atomic E-state index is 11.9. The highest BCUT2D eigenvalue weighted by Gasteiger charge is 2.32. The number of halogens is 3. The van der Waals surface area contributed by atoms with Crippen molar-refractivity contribution in [3.8, 4) is 0 Å². The van der Waals surface area contributed by atoms with Crippen LogP contribution in [0.3, 0.4) is 0 Å². The number of carbonyl (C=O) groups is 1. The molecule has 1 aliphatic heterocycles. The van der Waals surface area contributed by atoms with Crippen LogP contribution in [0.4, 0.5) is 18.0 Å². The molecule has 1 rings (SSSR count). The SMILES string of the molecule is CC1CC(C)CN(C(C)(C)CNC(=O)NCCOCC(F)(F)F)C1. The Balaban J connectivity index is 2.25. The van der Waals surface area contributed by atoms with E-state index in [1.807, 2.05) is 0 Å². The molecule has 1 aliphatic rings. The summed E-state index contributed by atoms with van der Waals surface area (Å²) >= 11 is 0. The molecular weight excluding hydrogens is 323 g/mol. The number of alkyl halides is 3. The minimum absolute atomic E-state index is 0.0418. The molecule has 0 aromatic heterocycles. The molecular formula is C16H30F3N3O2. The zero-order valence-electron chi connectivity index (χ0n) is 15.0. The third-order valence-corrected chi connectivity index (χ3v) is 4.20. The van der Waals surface area contributed by atoms with E-state index in [4.69, 9.17) is 0 Å². The van der Waals surface area contributed by atoms with Crippen LogP contribution in [-0.2, 0) is 4.74 Å². The van der Waals surface area contributed by atoms with E-state index in [0.717, 1.165) is 13.1 Å².